The molecule has 0 radical (unpaired) electrons. The normalized spacial score (nSPS) is 18.2. The molecule has 6 rings (SSSR count). The minimum Gasteiger partial charge on any atom is -0.481 e. The number of allylic oxidation sites excluding steroid dienone is 4. The van der Waals surface area contributed by atoms with Crippen LogP contribution in [0.4, 0.5) is 11.4 Å². The molecular weight excluding hydrogens is 1040 g/mol. The Morgan fingerprint density at radius 1 is 0.714 bits per heavy atom. The highest BCUT2D eigenvalue weighted by Gasteiger charge is 2.47. The second-order valence-electron chi connectivity index (χ2n) is 17.4. The van der Waals surface area contributed by atoms with Crippen molar-refractivity contribution in [3.8, 4) is 0 Å². The number of benzene rings is 4. The largest absolute Gasteiger partial charge is 0.481 e. The van der Waals surface area contributed by atoms with Gasteiger partial charge < -0.3 is 10.0 Å². The molecule has 0 aromatic heterocycles. The van der Waals surface area contributed by atoms with Crippen molar-refractivity contribution in [2.75, 3.05) is 29.5 Å². The predicted molar refractivity (Wildman–Crippen MR) is 256 cm³/mol. The van der Waals surface area contributed by atoms with Gasteiger partial charge in [-0.25, -0.2) is 5.26 Å². The van der Waals surface area contributed by atoms with E-state index < -0.39 is 93.6 Å². The van der Waals surface area contributed by atoms with E-state index >= 15 is 0 Å². The average molecular weight is 1090 g/mol. The van der Waals surface area contributed by atoms with Crippen molar-refractivity contribution in [3.63, 3.8) is 0 Å². The lowest BCUT2D eigenvalue weighted by Crippen LogP contribution is -2.31. The maximum Gasteiger partial charge on any atom is 0.303 e. The molecule has 0 saturated carbocycles. The van der Waals surface area contributed by atoms with Crippen LogP contribution in [0, 0.1) is 0 Å². The molecule has 2 heterocycles. The summed E-state index contributed by atoms with van der Waals surface area (Å²) in [7, 11) is -24.1. The number of fused-ring (bicyclic) bond motifs is 6. The van der Waals surface area contributed by atoms with Gasteiger partial charge in [0.05, 0.1) is 38.8 Å². The summed E-state index contributed by atoms with van der Waals surface area (Å²) in [5.41, 5.74) is -0.0442. The second-order valence-corrected chi connectivity index (χ2v) is 25.5. The third-order valence-corrected chi connectivity index (χ3v) is 17.1. The van der Waals surface area contributed by atoms with Crippen molar-refractivity contribution in [3.05, 3.63) is 83.6 Å². The third kappa shape index (κ3) is 11.9. The minimum atomic E-state index is -5.07. The van der Waals surface area contributed by atoms with Crippen molar-refractivity contribution in [1.29, 1.82) is 0 Å². The van der Waals surface area contributed by atoms with Crippen LogP contribution in [0.1, 0.15) is 76.8 Å². The number of rotatable bonds is 22. The van der Waals surface area contributed by atoms with Crippen molar-refractivity contribution in [1.82, 2.24) is 0 Å². The van der Waals surface area contributed by atoms with Crippen LogP contribution in [0.2, 0.25) is 0 Å². The Morgan fingerprint density at radius 2 is 1.31 bits per heavy atom. The highest BCUT2D eigenvalue weighted by Crippen LogP contribution is 2.55. The standard InChI is InChI=1S/C42H48N2O20S6/c1-41(2)36(43(18-6-4-5-12-38(45)46)32-16-14-29-31(39(32)41)23-27(69(57,58)59)25-35(29)70(60,61)62)10-7-11-37-42(3,17-8-20-66(48,49)50)40-30-22-26(68(54,55)56)24-34(65-64-63-47)28(30)13-15-33(40)44(37)19-9-21-67(51,52)53/h7,10-11,13-16,22-25H,4-6,8-9,12,17-21H2,1-3H3,(H6-,45,46,47,48,49,50,51,52,53,54,55,56,57,58,59,60,61,62)/p+1. The first kappa shape index (κ1) is 54.9. The summed E-state index contributed by atoms with van der Waals surface area (Å²) in [6, 6.07) is 10.0. The number of carboxylic acid groups (broad SMARTS) is 1. The first-order chi connectivity index (χ1) is 32.3. The molecule has 22 nitrogen and oxygen atoms in total. The molecule has 0 bridgehead atoms. The summed E-state index contributed by atoms with van der Waals surface area (Å²) in [5.74, 6) is -2.40. The van der Waals surface area contributed by atoms with Crippen LogP contribution in [0.5, 0.6) is 0 Å². The monoisotopic (exact) mass is 1090 g/mol. The average Bonchev–Trinajstić information content (AvgIpc) is 3.59. The van der Waals surface area contributed by atoms with Crippen molar-refractivity contribution < 1.29 is 94.0 Å². The summed E-state index contributed by atoms with van der Waals surface area (Å²) in [6.45, 7) is 5.33. The molecule has 382 valence electrons. The fraction of sp³-hybridized carbons (Fsp3) is 0.381. The quantitative estimate of drug-likeness (QED) is 0.0113. The van der Waals surface area contributed by atoms with Gasteiger partial charge >= 0.3 is 5.97 Å². The zero-order valence-corrected chi connectivity index (χ0v) is 42.3. The van der Waals surface area contributed by atoms with Crippen molar-refractivity contribution >= 4 is 107 Å². The molecule has 0 aliphatic carbocycles. The molecule has 0 fully saturated rings. The minimum absolute atomic E-state index is 0.0277. The van der Waals surface area contributed by atoms with Gasteiger partial charge in [-0.15, -0.1) is 4.33 Å². The number of unbranched alkanes of at least 4 members (excludes halogenated alkanes) is 2. The molecule has 1 atom stereocenters. The first-order valence-electron chi connectivity index (χ1n) is 21.0. The number of carboxylic acids is 1. The van der Waals surface area contributed by atoms with E-state index in [1.165, 1.54) is 6.07 Å². The molecule has 4 aromatic carbocycles. The van der Waals surface area contributed by atoms with Gasteiger partial charge in [0.25, 0.3) is 50.6 Å². The summed E-state index contributed by atoms with van der Waals surface area (Å²) in [6.07, 6.45) is 5.59. The lowest BCUT2D eigenvalue weighted by atomic mass is 9.75. The highest BCUT2D eigenvalue weighted by atomic mass is 32.2. The Balaban J connectivity index is 1.62. The number of hydrogen-bond donors (Lipinski definition) is 7. The lowest BCUT2D eigenvalue weighted by molar-refractivity contribution is -0.438. The van der Waals surface area contributed by atoms with E-state index in [1.54, 1.807) is 62.1 Å². The second kappa shape index (κ2) is 20.2. The van der Waals surface area contributed by atoms with Crippen LogP contribution < -0.4 is 4.90 Å². The predicted octanol–water partition coefficient (Wildman–Crippen LogP) is 6.35. The number of carbonyl (C=O) groups is 1. The van der Waals surface area contributed by atoms with E-state index in [-0.39, 0.29) is 59.8 Å². The van der Waals surface area contributed by atoms with Gasteiger partial charge in [0.1, 0.15) is 11.4 Å². The van der Waals surface area contributed by atoms with Gasteiger partial charge in [0.15, 0.2) is 5.71 Å². The van der Waals surface area contributed by atoms with E-state index in [0.717, 1.165) is 18.2 Å². The molecule has 7 N–H and O–H groups in total. The van der Waals surface area contributed by atoms with E-state index in [1.807, 2.05) is 4.58 Å². The summed E-state index contributed by atoms with van der Waals surface area (Å²) >= 11 is 0.390. The number of anilines is 1. The number of hydrogen-bond acceptors (Lipinski definition) is 16. The van der Waals surface area contributed by atoms with Gasteiger partial charge in [-0.05, 0) is 117 Å². The SMILES string of the molecule is CC1(C)C(/C=C/C=C2/N(CCCS(=O)(=O)O)c3ccc4c(SOOO)cc(S(=O)(=O)O)cc4c3C2(C)CCCS(=O)(=O)O)=[N+](CCCCCC(=O)O)c2ccc3c(S(=O)(=O)O)cc(S(=O)(=O)O)cc3c21. The highest BCUT2D eigenvalue weighted by molar-refractivity contribution is 7.95. The summed E-state index contributed by atoms with van der Waals surface area (Å²) in [5, 5.41) is 22.4. The molecule has 0 spiro atoms. The lowest BCUT2D eigenvalue weighted by Gasteiger charge is -2.31. The molecule has 28 heteroatoms. The summed E-state index contributed by atoms with van der Waals surface area (Å²) < 4.78 is 180. The molecular formula is C42H49N2O20S6+. The first-order valence-corrected chi connectivity index (χ1v) is 29.3. The smallest absolute Gasteiger partial charge is 0.303 e. The van der Waals surface area contributed by atoms with Gasteiger partial charge in [-0.2, -0.15) is 46.7 Å². The summed E-state index contributed by atoms with van der Waals surface area (Å²) in [4.78, 5) is 10.8. The Labute approximate surface area is 408 Å². The Hall–Kier alpha value is -4.40. The van der Waals surface area contributed by atoms with Crippen LogP contribution in [0.25, 0.3) is 21.5 Å². The number of nitrogens with zero attached hydrogens (tertiary/aromatic N) is 2. The maximum atomic E-state index is 12.7. The molecule has 0 saturated heterocycles. The Morgan fingerprint density at radius 3 is 1.90 bits per heavy atom. The van der Waals surface area contributed by atoms with E-state index in [9.17, 15) is 74.8 Å². The zero-order chi connectivity index (χ0) is 52.0. The van der Waals surface area contributed by atoms with Gasteiger partial charge in [-0.3, -0.25) is 27.6 Å². The molecule has 4 aromatic rings. The van der Waals surface area contributed by atoms with Crippen LogP contribution >= 0.6 is 12.0 Å². The molecule has 70 heavy (non-hydrogen) atoms. The Bertz CT molecular complexity index is 3460. The fourth-order valence-corrected chi connectivity index (χ4v) is 13.0. The van der Waals surface area contributed by atoms with Gasteiger partial charge in [0, 0.05) is 64.2 Å². The third-order valence-electron chi connectivity index (χ3n) is 12.3. The molecule has 1 unspecified atom stereocenters. The Kier molecular flexibility index (Phi) is 15.9. The topological polar surface area (TPSA) is 354 Å². The molecule has 2 aliphatic heterocycles. The van der Waals surface area contributed by atoms with Gasteiger partial charge in [-0.1, -0.05) is 17.2 Å². The molecule has 0 amide bonds. The van der Waals surface area contributed by atoms with E-state index in [2.05, 4.69) is 9.37 Å². The van der Waals surface area contributed by atoms with Crippen molar-refractivity contribution in [2.24, 2.45) is 0 Å². The molecule has 2 aliphatic rings. The zero-order valence-electron chi connectivity index (χ0n) is 37.4. The number of aliphatic carboxylic acids is 1. The van der Waals surface area contributed by atoms with Gasteiger partial charge in [0.2, 0.25) is 5.69 Å². The van der Waals surface area contributed by atoms with Crippen LogP contribution in [-0.4, -0.2) is 116 Å². The van der Waals surface area contributed by atoms with E-state index in [4.69, 9.17) is 5.26 Å². The maximum absolute atomic E-state index is 12.7. The van der Waals surface area contributed by atoms with Crippen LogP contribution in [0.15, 0.2) is 92.0 Å². The van der Waals surface area contributed by atoms with Crippen molar-refractivity contribution in [2.45, 2.75) is 96.1 Å². The van der Waals surface area contributed by atoms with E-state index in [0.29, 0.717) is 76.7 Å². The fourth-order valence-electron chi connectivity index (χ4n) is 9.47. The van der Waals surface area contributed by atoms with Crippen LogP contribution in [0.3, 0.4) is 0 Å². The van der Waals surface area contributed by atoms with Crippen LogP contribution in [-0.2, 0) is 75.6 Å².